The Bertz CT molecular complexity index is 752. The second-order valence-corrected chi connectivity index (χ2v) is 5.64. The molecule has 2 heterocycles. The van der Waals surface area contributed by atoms with Crippen LogP contribution in [0.5, 0.6) is 6.01 Å². The Kier molecular flexibility index (Phi) is 5.40. The van der Waals surface area contributed by atoms with Gasteiger partial charge in [-0.3, -0.25) is 14.2 Å². The highest BCUT2D eigenvalue weighted by Gasteiger charge is 2.18. The molecule has 0 N–H and O–H groups in total. The second kappa shape index (κ2) is 7.09. The molecule has 0 fully saturated rings. The fourth-order valence-corrected chi connectivity index (χ4v) is 2.73. The Morgan fingerprint density at radius 3 is 2.73 bits per heavy atom. The van der Waals surface area contributed by atoms with Gasteiger partial charge in [-0.25, -0.2) is 0 Å². The summed E-state index contributed by atoms with van der Waals surface area (Å²) < 4.78 is 18.6. The molecule has 120 valence electrons. The van der Waals surface area contributed by atoms with Gasteiger partial charge < -0.3 is 18.8 Å². The Morgan fingerprint density at radius 2 is 2.09 bits per heavy atom. The summed E-state index contributed by atoms with van der Waals surface area (Å²) in [6, 6.07) is 0.176. The van der Waals surface area contributed by atoms with E-state index in [1.54, 1.807) is 24.9 Å². The lowest BCUT2D eigenvalue weighted by atomic mass is 10.4. The van der Waals surface area contributed by atoms with Crippen molar-refractivity contribution in [3.05, 3.63) is 20.1 Å². The molecule has 0 radical (unpaired) electrons. The van der Waals surface area contributed by atoms with Gasteiger partial charge in [-0.1, -0.05) is 0 Å². The third kappa shape index (κ3) is 3.24. The lowest BCUT2D eigenvalue weighted by molar-refractivity contribution is -0.141. The van der Waals surface area contributed by atoms with E-state index in [-0.39, 0.29) is 24.7 Å². The van der Waals surface area contributed by atoms with E-state index in [4.69, 9.17) is 9.47 Å². The van der Waals surface area contributed by atoms with E-state index in [1.165, 1.54) is 11.7 Å². The van der Waals surface area contributed by atoms with E-state index in [0.717, 1.165) is 0 Å². The van der Waals surface area contributed by atoms with Crippen LogP contribution >= 0.6 is 22.6 Å². The van der Waals surface area contributed by atoms with Gasteiger partial charge in [-0.15, -0.1) is 0 Å². The average Bonchev–Trinajstić information content (AvgIpc) is 2.80. The minimum atomic E-state index is -0.419. The van der Waals surface area contributed by atoms with Crippen LogP contribution in [-0.2, 0) is 27.9 Å². The molecule has 22 heavy (non-hydrogen) atoms. The van der Waals surface area contributed by atoms with Crippen molar-refractivity contribution in [2.45, 2.75) is 6.54 Å². The number of methoxy groups -OCH3 is 2. The Balaban J connectivity index is 2.51. The molecule has 0 aliphatic heterocycles. The molecule has 0 saturated heterocycles. The summed E-state index contributed by atoms with van der Waals surface area (Å²) in [4.78, 5) is 28.3. The molecule has 0 bridgehead atoms. The Morgan fingerprint density at radius 1 is 1.36 bits per heavy atom. The van der Waals surface area contributed by atoms with Crippen molar-refractivity contribution < 1.29 is 19.0 Å². The zero-order chi connectivity index (χ0) is 16.3. The monoisotopic (exact) mass is 421 g/mol. The van der Waals surface area contributed by atoms with E-state index < -0.39 is 5.97 Å². The average molecular weight is 421 g/mol. The topological polar surface area (TPSA) is 84.6 Å². The molecule has 0 spiro atoms. The smallest absolute Gasteiger partial charge is 0.325 e. The molecular formula is C13H16IN3O5. The van der Waals surface area contributed by atoms with E-state index >= 15 is 0 Å². The molecule has 0 unspecified atom stereocenters. The number of ether oxygens (including phenoxy) is 3. The predicted molar refractivity (Wildman–Crippen MR) is 87.1 cm³/mol. The fraction of sp³-hybridized carbons (Fsp3) is 0.462. The van der Waals surface area contributed by atoms with Crippen LogP contribution in [0.3, 0.4) is 0 Å². The van der Waals surface area contributed by atoms with E-state index in [2.05, 4.69) is 9.72 Å². The van der Waals surface area contributed by atoms with Gasteiger partial charge in [-0.05, 0) is 22.6 Å². The van der Waals surface area contributed by atoms with Gasteiger partial charge in [0, 0.05) is 23.9 Å². The van der Waals surface area contributed by atoms with Gasteiger partial charge in [0.05, 0.1) is 19.1 Å². The van der Waals surface area contributed by atoms with Gasteiger partial charge >= 0.3 is 12.0 Å². The summed E-state index contributed by atoms with van der Waals surface area (Å²) in [5, 5.41) is 0.450. The second-order valence-electron chi connectivity index (χ2n) is 4.48. The first-order chi connectivity index (χ1) is 10.5. The number of aromatic nitrogens is 3. The molecule has 0 amide bonds. The van der Waals surface area contributed by atoms with E-state index in [1.807, 2.05) is 22.6 Å². The van der Waals surface area contributed by atoms with Gasteiger partial charge in [0.25, 0.3) is 5.56 Å². The lowest BCUT2D eigenvalue weighted by Crippen LogP contribution is -2.22. The zero-order valence-corrected chi connectivity index (χ0v) is 14.6. The van der Waals surface area contributed by atoms with Crippen LogP contribution in [0.4, 0.5) is 0 Å². The molecule has 0 aliphatic rings. The zero-order valence-electron chi connectivity index (χ0n) is 12.5. The SMILES string of the molecule is COCCOc1nc2c(c(I)cn2CC(=O)OC)c(=O)n1C. The molecule has 0 saturated carbocycles. The van der Waals surface area contributed by atoms with E-state index in [0.29, 0.717) is 21.2 Å². The summed E-state index contributed by atoms with van der Waals surface area (Å²) in [5.74, 6) is -0.419. The summed E-state index contributed by atoms with van der Waals surface area (Å²) in [7, 11) is 4.46. The highest BCUT2D eigenvalue weighted by atomic mass is 127. The third-order valence-corrected chi connectivity index (χ3v) is 3.87. The molecule has 2 aromatic rings. The molecule has 0 aromatic carbocycles. The fourth-order valence-electron chi connectivity index (χ4n) is 1.92. The molecular weight excluding hydrogens is 405 g/mol. The molecule has 8 nitrogen and oxygen atoms in total. The number of hydrogen-bond acceptors (Lipinski definition) is 6. The van der Waals surface area contributed by atoms with E-state index in [9.17, 15) is 9.59 Å². The highest BCUT2D eigenvalue weighted by molar-refractivity contribution is 14.1. The molecule has 2 aromatic heterocycles. The molecule has 2 rings (SSSR count). The van der Waals surface area contributed by atoms with Crippen molar-refractivity contribution in [2.75, 3.05) is 27.4 Å². The largest absolute Gasteiger partial charge is 0.468 e. The number of nitrogens with zero attached hydrogens (tertiary/aromatic N) is 3. The minimum absolute atomic E-state index is 0.0202. The van der Waals surface area contributed by atoms with Crippen LogP contribution in [0.15, 0.2) is 11.0 Å². The maximum Gasteiger partial charge on any atom is 0.325 e. The summed E-state index contributed by atoms with van der Waals surface area (Å²) in [6.45, 7) is 0.638. The highest BCUT2D eigenvalue weighted by Crippen LogP contribution is 2.20. The van der Waals surface area contributed by atoms with Crippen molar-refractivity contribution >= 4 is 39.6 Å². The first-order valence-corrected chi connectivity index (χ1v) is 7.51. The maximum absolute atomic E-state index is 12.4. The molecule has 9 heteroatoms. The number of halogens is 1. The lowest BCUT2D eigenvalue weighted by Gasteiger charge is -2.10. The summed E-state index contributed by atoms with van der Waals surface area (Å²) >= 11 is 2.04. The number of rotatable bonds is 6. The van der Waals surface area contributed by atoms with Gasteiger partial charge in [-0.2, -0.15) is 4.98 Å². The number of esters is 1. The number of carbonyl (C=O) groups is 1. The summed E-state index contributed by atoms with van der Waals surface area (Å²) in [5.41, 5.74) is 0.163. The summed E-state index contributed by atoms with van der Waals surface area (Å²) in [6.07, 6.45) is 1.69. The third-order valence-electron chi connectivity index (χ3n) is 3.06. The first kappa shape index (κ1) is 16.7. The standard InChI is InChI=1S/C13H16IN3O5/c1-16-12(19)10-8(14)6-17(7-9(18)21-3)11(10)15-13(16)22-5-4-20-2/h6H,4-5,7H2,1-3H3. The quantitative estimate of drug-likeness (QED) is 0.385. The van der Waals surface area contributed by atoms with Crippen LogP contribution in [0.2, 0.25) is 0 Å². The molecule has 0 atom stereocenters. The van der Waals surface area contributed by atoms with Crippen LogP contribution in [0, 0.1) is 3.57 Å². The minimum Gasteiger partial charge on any atom is -0.468 e. The first-order valence-electron chi connectivity index (χ1n) is 6.43. The van der Waals surface area contributed by atoms with Gasteiger partial charge in [0.1, 0.15) is 13.2 Å². The molecule has 0 aliphatic carbocycles. The number of fused-ring (bicyclic) bond motifs is 1. The van der Waals surface area contributed by atoms with Crippen LogP contribution in [0.1, 0.15) is 0 Å². The predicted octanol–water partition coefficient (Wildman–Crippen LogP) is 0.538. The van der Waals surface area contributed by atoms with Crippen molar-refractivity contribution in [2.24, 2.45) is 7.05 Å². The van der Waals surface area contributed by atoms with Crippen molar-refractivity contribution in [3.63, 3.8) is 0 Å². The van der Waals surface area contributed by atoms with Gasteiger partial charge in [0.2, 0.25) is 0 Å². The van der Waals surface area contributed by atoms with Crippen LogP contribution in [0.25, 0.3) is 11.0 Å². The van der Waals surface area contributed by atoms with Gasteiger partial charge in [0.15, 0.2) is 5.65 Å². The van der Waals surface area contributed by atoms with Crippen molar-refractivity contribution in [3.8, 4) is 6.01 Å². The Hall–Kier alpha value is -1.62. The van der Waals surface area contributed by atoms with Crippen LogP contribution in [-0.4, -0.2) is 47.5 Å². The van der Waals surface area contributed by atoms with Crippen molar-refractivity contribution in [1.82, 2.24) is 14.1 Å². The maximum atomic E-state index is 12.4. The number of hydrogen-bond donors (Lipinski definition) is 0. The number of carbonyl (C=O) groups excluding carboxylic acids is 1. The normalized spacial score (nSPS) is 10.9. The van der Waals surface area contributed by atoms with Crippen LogP contribution < -0.4 is 10.3 Å². The van der Waals surface area contributed by atoms with Crippen molar-refractivity contribution in [1.29, 1.82) is 0 Å². The Labute approximate surface area is 140 Å².